The minimum atomic E-state index is -3.02. The maximum absolute atomic E-state index is 12.3. The van der Waals surface area contributed by atoms with Crippen molar-refractivity contribution < 1.29 is 13.2 Å². The molecule has 0 aromatic heterocycles. The normalized spacial score (nSPS) is 25.2. The predicted molar refractivity (Wildman–Crippen MR) is 78.0 cm³/mol. The third-order valence-electron chi connectivity index (χ3n) is 3.43. The van der Waals surface area contributed by atoms with Crippen molar-refractivity contribution in [2.75, 3.05) is 11.5 Å². The summed E-state index contributed by atoms with van der Waals surface area (Å²) in [4.78, 5) is 12.3. The van der Waals surface area contributed by atoms with Gasteiger partial charge in [0, 0.05) is 10.0 Å². The van der Waals surface area contributed by atoms with Crippen molar-refractivity contribution in [3.63, 3.8) is 0 Å². The average Bonchev–Trinajstić information content (AvgIpc) is 2.56. The number of benzene rings is 1. The molecule has 1 amide bonds. The van der Waals surface area contributed by atoms with Gasteiger partial charge >= 0.3 is 0 Å². The predicted octanol–water partition coefficient (Wildman–Crippen LogP) is 2.06. The molecule has 2 rings (SSSR count). The lowest BCUT2D eigenvalue weighted by Crippen LogP contribution is -2.47. The van der Waals surface area contributed by atoms with Crippen molar-refractivity contribution in [1.29, 1.82) is 0 Å². The van der Waals surface area contributed by atoms with Crippen LogP contribution in [0, 0.1) is 6.92 Å². The molecule has 0 radical (unpaired) electrons. The van der Waals surface area contributed by atoms with Crippen molar-refractivity contribution in [3.05, 3.63) is 33.8 Å². The summed E-state index contributed by atoms with van der Waals surface area (Å²) in [7, 11) is -3.02. The van der Waals surface area contributed by atoms with Gasteiger partial charge in [0.2, 0.25) is 0 Å². The quantitative estimate of drug-likeness (QED) is 0.892. The molecule has 0 spiro atoms. The van der Waals surface area contributed by atoms with E-state index in [4.69, 9.17) is 0 Å². The maximum Gasteiger partial charge on any atom is 0.252 e. The molecule has 1 heterocycles. The van der Waals surface area contributed by atoms with Crippen molar-refractivity contribution in [2.45, 2.75) is 25.8 Å². The molecule has 104 valence electrons. The standard InChI is InChI=1S/C13H16BrNO3S/c1-9-10(4-3-5-11(9)14)12(16)15-13(2)6-7-19(17,18)8-13/h3-5H,6-8H2,1-2H3,(H,15,16). The molecular weight excluding hydrogens is 330 g/mol. The van der Waals surface area contributed by atoms with Crippen LogP contribution in [0.3, 0.4) is 0 Å². The van der Waals surface area contributed by atoms with E-state index in [1.165, 1.54) is 0 Å². The number of sulfone groups is 1. The van der Waals surface area contributed by atoms with Crippen LogP contribution in [0.5, 0.6) is 0 Å². The second kappa shape index (κ2) is 4.90. The zero-order valence-electron chi connectivity index (χ0n) is 10.9. The van der Waals surface area contributed by atoms with Gasteiger partial charge in [-0.3, -0.25) is 4.79 Å². The van der Waals surface area contributed by atoms with Crippen LogP contribution in [0.15, 0.2) is 22.7 Å². The minimum absolute atomic E-state index is 0.0127. The average molecular weight is 346 g/mol. The Morgan fingerprint density at radius 1 is 1.42 bits per heavy atom. The molecule has 0 saturated carbocycles. The Balaban J connectivity index is 2.21. The first-order valence-electron chi connectivity index (χ1n) is 6.00. The van der Waals surface area contributed by atoms with E-state index in [0.29, 0.717) is 12.0 Å². The molecule has 1 saturated heterocycles. The van der Waals surface area contributed by atoms with Crippen LogP contribution in [0.2, 0.25) is 0 Å². The molecule has 0 aliphatic carbocycles. The molecule has 1 aromatic carbocycles. The third-order valence-corrected chi connectivity index (χ3v) is 6.19. The van der Waals surface area contributed by atoms with E-state index in [9.17, 15) is 13.2 Å². The summed E-state index contributed by atoms with van der Waals surface area (Å²) >= 11 is 3.38. The lowest BCUT2D eigenvalue weighted by molar-refractivity contribution is 0.0914. The van der Waals surface area contributed by atoms with E-state index in [0.717, 1.165) is 10.0 Å². The first kappa shape index (κ1) is 14.5. The molecule has 1 aliphatic rings. The number of rotatable bonds is 2. The number of hydrogen-bond acceptors (Lipinski definition) is 3. The monoisotopic (exact) mass is 345 g/mol. The Labute approximate surface area is 121 Å². The smallest absolute Gasteiger partial charge is 0.252 e. The molecule has 6 heteroatoms. The Morgan fingerprint density at radius 2 is 2.11 bits per heavy atom. The summed E-state index contributed by atoms with van der Waals surface area (Å²) in [5, 5.41) is 2.86. The summed E-state index contributed by atoms with van der Waals surface area (Å²) in [6.45, 7) is 3.63. The second-order valence-corrected chi connectivity index (χ2v) is 8.31. The number of hydrogen-bond donors (Lipinski definition) is 1. The van der Waals surface area contributed by atoms with E-state index in [1.807, 2.05) is 13.0 Å². The number of halogens is 1. The van der Waals surface area contributed by atoms with Crippen LogP contribution in [0.25, 0.3) is 0 Å². The topological polar surface area (TPSA) is 63.2 Å². The summed E-state index contributed by atoms with van der Waals surface area (Å²) in [5.41, 5.74) is 0.759. The molecular formula is C13H16BrNO3S. The molecule has 1 unspecified atom stereocenters. The minimum Gasteiger partial charge on any atom is -0.346 e. The van der Waals surface area contributed by atoms with E-state index in [1.54, 1.807) is 19.1 Å². The van der Waals surface area contributed by atoms with E-state index < -0.39 is 15.4 Å². The van der Waals surface area contributed by atoms with E-state index in [2.05, 4.69) is 21.2 Å². The zero-order chi connectivity index (χ0) is 14.3. The summed E-state index contributed by atoms with van der Waals surface area (Å²) in [5.74, 6) is -0.0709. The molecule has 1 aromatic rings. The van der Waals surface area contributed by atoms with Crippen LogP contribution in [0.1, 0.15) is 29.3 Å². The van der Waals surface area contributed by atoms with Gasteiger partial charge in [0.15, 0.2) is 9.84 Å². The van der Waals surface area contributed by atoms with E-state index in [-0.39, 0.29) is 17.4 Å². The van der Waals surface area contributed by atoms with Gasteiger partial charge in [0.25, 0.3) is 5.91 Å². The first-order valence-corrected chi connectivity index (χ1v) is 8.62. The van der Waals surface area contributed by atoms with E-state index >= 15 is 0 Å². The Morgan fingerprint density at radius 3 is 2.68 bits per heavy atom. The molecule has 1 fully saturated rings. The Kier molecular flexibility index (Phi) is 3.75. The second-order valence-electron chi connectivity index (χ2n) is 5.27. The van der Waals surface area contributed by atoms with Crippen LogP contribution < -0.4 is 5.32 Å². The zero-order valence-corrected chi connectivity index (χ0v) is 13.3. The van der Waals surface area contributed by atoms with Gasteiger partial charge in [0.05, 0.1) is 17.0 Å². The Hall–Kier alpha value is -0.880. The van der Waals surface area contributed by atoms with Crippen LogP contribution >= 0.6 is 15.9 Å². The van der Waals surface area contributed by atoms with Gasteiger partial charge < -0.3 is 5.32 Å². The fourth-order valence-corrected chi connectivity index (χ4v) is 4.76. The number of carbonyl (C=O) groups is 1. The lowest BCUT2D eigenvalue weighted by Gasteiger charge is -2.24. The maximum atomic E-state index is 12.3. The van der Waals surface area contributed by atoms with Crippen molar-refractivity contribution in [3.8, 4) is 0 Å². The number of amides is 1. The summed E-state index contributed by atoms with van der Waals surface area (Å²) < 4.78 is 23.9. The van der Waals surface area contributed by atoms with Gasteiger partial charge in [-0.05, 0) is 38.0 Å². The molecule has 19 heavy (non-hydrogen) atoms. The van der Waals surface area contributed by atoms with Crippen LogP contribution in [-0.2, 0) is 9.84 Å². The summed E-state index contributed by atoms with van der Waals surface area (Å²) in [6.07, 6.45) is 0.466. The molecule has 4 nitrogen and oxygen atoms in total. The fraction of sp³-hybridized carbons (Fsp3) is 0.462. The first-order chi connectivity index (χ1) is 8.72. The van der Waals surface area contributed by atoms with Gasteiger partial charge in [-0.1, -0.05) is 22.0 Å². The highest BCUT2D eigenvalue weighted by molar-refractivity contribution is 9.10. The molecule has 1 atom stereocenters. The fourth-order valence-electron chi connectivity index (χ4n) is 2.30. The largest absolute Gasteiger partial charge is 0.346 e. The summed E-state index contributed by atoms with van der Waals surface area (Å²) in [6, 6.07) is 5.40. The van der Waals surface area contributed by atoms with Gasteiger partial charge in [-0.2, -0.15) is 0 Å². The highest BCUT2D eigenvalue weighted by atomic mass is 79.9. The third kappa shape index (κ3) is 3.17. The van der Waals surface area contributed by atoms with Crippen molar-refractivity contribution >= 4 is 31.7 Å². The SMILES string of the molecule is Cc1c(Br)cccc1C(=O)NC1(C)CCS(=O)(=O)C1. The van der Waals surface area contributed by atoms with Crippen LogP contribution in [-0.4, -0.2) is 31.4 Å². The van der Waals surface area contributed by atoms with Crippen LogP contribution in [0.4, 0.5) is 0 Å². The lowest BCUT2D eigenvalue weighted by atomic mass is 10.0. The van der Waals surface area contributed by atoms with Gasteiger partial charge in [-0.15, -0.1) is 0 Å². The van der Waals surface area contributed by atoms with Gasteiger partial charge in [0.1, 0.15) is 0 Å². The number of nitrogens with one attached hydrogen (secondary N) is 1. The molecule has 0 bridgehead atoms. The molecule has 1 aliphatic heterocycles. The number of carbonyl (C=O) groups excluding carboxylic acids is 1. The van der Waals surface area contributed by atoms with Gasteiger partial charge in [-0.25, -0.2) is 8.42 Å². The van der Waals surface area contributed by atoms with Crippen molar-refractivity contribution in [2.24, 2.45) is 0 Å². The molecule has 1 N–H and O–H groups in total. The highest BCUT2D eigenvalue weighted by Gasteiger charge is 2.39. The Bertz CT molecular complexity index is 627. The van der Waals surface area contributed by atoms with Crippen molar-refractivity contribution in [1.82, 2.24) is 5.32 Å². The highest BCUT2D eigenvalue weighted by Crippen LogP contribution is 2.25.